The Bertz CT molecular complexity index is 987. The number of hydrazone groups is 1. The lowest BCUT2D eigenvalue weighted by atomic mass is 10.1. The van der Waals surface area contributed by atoms with Gasteiger partial charge in [-0.2, -0.15) is 5.10 Å². The van der Waals surface area contributed by atoms with Gasteiger partial charge in [-0.15, -0.1) is 0 Å². The van der Waals surface area contributed by atoms with E-state index in [9.17, 15) is 4.79 Å². The van der Waals surface area contributed by atoms with Crippen LogP contribution in [0.4, 0.5) is 0 Å². The van der Waals surface area contributed by atoms with E-state index in [0.29, 0.717) is 17.2 Å². The molecule has 0 unspecified atom stereocenters. The first-order chi connectivity index (χ1) is 14.2. The number of nitrogens with one attached hydrogen (secondary N) is 1. The topological polar surface area (TPSA) is 69.2 Å². The molecule has 0 aromatic heterocycles. The number of hydrogen-bond donors (Lipinski definition) is 1. The summed E-state index contributed by atoms with van der Waals surface area (Å²) in [5.41, 5.74) is 5.17. The number of para-hydroxylation sites is 1. The highest BCUT2D eigenvalue weighted by atomic mass is 16.5. The summed E-state index contributed by atoms with van der Waals surface area (Å²) in [4.78, 5) is 12.1. The van der Waals surface area contributed by atoms with E-state index in [0.717, 1.165) is 16.7 Å². The molecule has 148 valence electrons. The van der Waals surface area contributed by atoms with E-state index < -0.39 is 0 Å². The normalized spacial score (nSPS) is 10.6. The fourth-order valence-electron chi connectivity index (χ4n) is 2.74. The molecule has 0 radical (unpaired) electrons. The maximum Gasteiger partial charge on any atom is 0.277 e. The van der Waals surface area contributed by atoms with E-state index in [1.54, 1.807) is 26.4 Å². The first-order valence-electron chi connectivity index (χ1n) is 9.02. The van der Waals surface area contributed by atoms with Gasteiger partial charge in [0.15, 0.2) is 18.1 Å². The van der Waals surface area contributed by atoms with Crippen molar-refractivity contribution in [3.63, 3.8) is 0 Å². The quantitative estimate of drug-likeness (QED) is 0.468. The van der Waals surface area contributed by atoms with Crippen molar-refractivity contribution in [1.29, 1.82) is 0 Å². The zero-order valence-electron chi connectivity index (χ0n) is 16.3. The van der Waals surface area contributed by atoms with Crippen LogP contribution in [-0.4, -0.2) is 32.9 Å². The van der Waals surface area contributed by atoms with Crippen LogP contribution in [0.1, 0.15) is 5.56 Å². The van der Waals surface area contributed by atoms with Gasteiger partial charge < -0.3 is 14.2 Å². The summed E-state index contributed by atoms with van der Waals surface area (Å²) >= 11 is 0. The van der Waals surface area contributed by atoms with Gasteiger partial charge in [0.25, 0.3) is 5.91 Å². The number of hydrogen-bond acceptors (Lipinski definition) is 5. The Labute approximate surface area is 169 Å². The summed E-state index contributed by atoms with van der Waals surface area (Å²) in [5.74, 6) is 1.49. The molecule has 29 heavy (non-hydrogen) atoms. The van der Waals surface area contributed by atoms with Crippen LogP contribution in [0.3, 0.4) is 0 Å². The minimum atomic E-state index is -0.357. The molecule has 0 bridgehead atoms. The van der Waals surface area contributed by atoms with Crippen LogP contribution in [0, 0.1) is 0 Å². The molecule has 0 saturated carbocycles. The van der Waals surface area contributed by atoms with Crippen LogP contribution in [0.2, 0.25) is 0 Å². The molecule has 1 amide bonds. The van der Waals surface area contributed by atoms with Crippen molar-refractivity contribution < 1.29 is 19.0 Å². The third kappa shape index (κ3) is 5.35. The Morgan fingerprint density at radius 2 is 1.62 bits per heavy atom. The molecule has 0 aliphatic carbocycles. The van der Waals surface area contributed by atoms with Crippen molar-refractivity contribution in [3.05, 3.63) is 78.4 Å². The second-order valence-electron chi connectivity index (χ2n) is 6.06. The van der Waals surface area contributed by atoms with Gasteiger partial charge in [0.2, 0.25) is 0 Å². The predicted octanol–water partition coefficient (Wildman–Crippen LogP) is 3.90. The monoisotopic (exact) mass is 390 g/mol. The summed E-state index contributed by atoms with van der Waals surface area (Å²) in [6, 6.07) is 22.8. The van der Waals surface area contributed by atoms with Gasteiger partial charge in [0.1, 0.15) is 5.75 Å². The zero-order valence-corrected chi connectivity index (χ0v) is 16.3. The van der Waals surface area contributed by atoms with Crippen LogP contribution >= 0.6 is 0 Å². The maximum atomic E-state index is 12.1. The average Bonchev–Trinajstić information content (AvgIpc) is 2.78. The first kappa shape index (κ1) is 19.9. The summed E-state index contributed by atoms with van der Waals surface area (Å²) in [6.07, 6.45) is 1.53. The van der Waals surface area contributed by atoms with Crippen molar-refractivity contribution in [2.45, 2.75) is 0 Å². The highest BCUT2D eigenvalue weighted by Gasteiger charge is 2.08. The van der Waals surface area contributed by atoms with Crippen molar-refractivity contribution in [2.24, 2.45) is 5.10 Å². The number of carbonyl (C=O) groups excluding carboxylic acids is 1. The molecule has 0 fully saturated rings. The molecule has 3 aromatic rings. The van der Waals surface area contributed by atoms with E-state index in [-0.39, 0.29) is 12.5 Å². The molecular weight excluding hydrogens is 368 g/mol. The van der Waals surface area contributed by atoms with Gasteiger partial charge in [-0.3, -0.25) is 4.79 Å². The number of amides is 1. The number of rotatable bonds is 8. The van der Waals surface area contributed by atoms with Crippen molar-refractivity contribution >= 4 is 12.1 Å². The largest absolute Gasteiger partial charge is 0.493 e. The van der Waals surface area contributed by atoms with Gasteiger partial charge in [-0.1, -0.05) is 48.5 Å². The molecule has 6 nitrogen and oxygen atoms in total. The minimum Gasteiger partial charge on any atom is -0.493 e. The molecule has 3 aromatic carbocycles. The fourth-order valence-corrected chi connectivity index (χ4v) is 2.74. The zero-order chi connectivity index (χ0) is 20.5. The van der Waals surface area contributed by atoms with Gasteiger partial charge >= 0.3 is 0 Å². The van der Waals surface area contributed by atoms with E-state index in [2.05, 4.69) is 10.5 Å². The number of ether oxygens (including phenoxy) is 3. The second-order valence-corrected chi connectivity index (χ2v) is 6.06. The lowest BCUT2D eigenvalue weighted by molar-refractivity contribution is -0.123. The molecular formula is C23H22N2O4. The molecule has 0 spiro atoms. The average molecular weight is 390 g/mol. The smallest absolute Gasteiger partial charge is 0.277 e. The van der Waals surface area contributed by atoms with Gasteiger partial charge in [-0.05, 0) is 35.4 Å². The molecule has 3 rings (SSSR count). The highest BCUT2D eigenvalue weighted by Crippen LogP contribution is 2.29. The number of benzene rings is 3. The lowest BCUT2D eigenvalue weighted by Crippen LogP contribution is -2.24. The Hall–Kier alpha value is -3.80. The molecule has 0 saturated heterocycles. The number of methoxy groups -OCH3 is 2. The molecule has 0 atom stereocenters. The highest BCUT2D eigenvalue weighted by molar-refractivity contribution is 5.84. The summed E-state index contributed by atoms with van der Waals surface area (Å²) in [5, 5.41) is 3.96. The maximum absolute atomic E-state index is 12.1. The fraction of sp³-hybridized carbons (Fsp3) is 0.130. The van der Waals surface area contributed by atoms with Gasteiger partial charge in [-0.25, -0.2) is 5.43 Å². The Morgan fingerprint density at radius 1 is 0.897 bits per heavy atom. The summed E-state index contributed by atoms with van der Waals surface area (Å²) in [6.45, 7) is -0.146. The molecule has 6 heteroatoms. The van der Waals surface area contributed by atoms with Gasteiger partial charge in [0.05, 0.1) is 20.4 Å². The Balaban J connectivity index is 1.58. The molecule has 0 aliphatic rings. The van der Waals surface area contributed by atoms with E-state index in [1.807, 2.05) is 60.7 Å². The third-order valence-electron chi connectivity index (χ3n) is 4.14. The van der Waals surface area contributed by atoms with Crippen molar-refractivity contribution in [2.75, 3.05) is 20.8 Å². The SMILES string of the molecule is COc1ccc(C=NNC(=O)COc2ccccc2-c2ccccc2)cc1OC. The first-order valence-corrected chi connectivity index (χ1v) is 9.02. The lowest BCUT2D eigenvalue weighted by Gasteiger charge is -2.11. The summed E-state index contributed by atoms with van der Waals surface area (Å²) < 4.78 is 16.1. The van der Waals surface area contributed by atoms with Crippen molar-refractivity contribution in [1.82, 2.24) is 5.43 Å². The second kappa shape index (κ2) is 9.94. The molecule has 0 aliphatic heterocycles. The van der Waals surface area contributed by atoms with E-state index in [4.69, 9.17) is 14.2 Å². The van der Waals surface area contributed by atoms with E-state index >= 15 is 0 Å². The van der Waals surface area contributed by atoms with Crippen LogP contribution in [0.15, 0.2) is 77.9 Å². The van der Waals surface area contributed by atoms with Crippen LogP contribution in [0.25, 0.3) is 11.1 Å². The van der Waals surface area contributed by atoms with Crippen molar-refractivity contribution in [3.8, 4) is 28.4 Å². The third-order valence-corrected chi connectivity index (χ3v) is 4.14. The molecule has 0 heterocycles. The Kier molecular flexibility index (Phi) is 6.84. The van der Waals surface area contributed by atoms with Crippen LogP contribution in [-0.2, 0) is 4.79 Å². The number of carbonyl (C=O) groups is 1. The van der Waals surface area contributed by atoms with Gasteiger partial charge in [0, 0.05) is 5.56 Å². The number of nitrogens with zero attached hydrogens (tertiary/aromatic N) is 1. The van der Waals surface area contributed by atoms with Crippen LogP contribution in [0.5, 0.6) is 17.2 Å². The standard InChI is InChI=1S/C23H22N2O4/c1-27-21-13-12-17(14-22(21)28-2)15-24-25-23(26)16-29-20-11-7-6-10-19(20)18-8-4-3-5-9-18/h3-15H,16H2,1-2H3,(H,25,26). The minimum absolute atomic E-state index is 0.146. The summed E-state index contributed by atoms with van der Waals surface area (Å²) in [7, 11) is 3.13. The Morgan fingerprint density at radius 3 is 2.38 bits per heavy atom. The molecule has 1 N–H and O–H groups in total. The van der Waals surface area contributed by atoms with E-state index in [1.165, 1.54) is 6.21 Å². The predicted molar refractivity (Wildman–Crippen MR) is 113 cm³/mol. The van der Waals surface area contributed by atoms with Crippen LogP contribution < -0.4 is 19.6 Å².